The van der Waals surface area contributed by atoms with Gasteiger partial charge in [0.1, 0.15) is 0 Å². The number of allylic oxidation sites excluding steroid dienone is 1. The van der Waals surface area contributed by atoms with Gasteiger partial charge in [-0.3, -0.25) is 9.99 Å². The number of nitrogens with zero attached hydrogens (tertiary/aromatic N) is 3. The SMILES string of the molecule is Cc1cc(C2=CNN3C2=CN(c2ccc(C4CC4)cc2)C[C@@H]3C)ccn1. The van der Waals surface area contributed by atoms with Crippen molar-refractivity contribution in [3.05, 3.63) is 77.5 Å². The van der Waals surface area contributed by atoms with E-state index in [1.165, 1.54) is 40.9 Å². The van der Waals surface area contributed by atoms with Crippen LogP contribution in [0.5, 0.6) is 0 Å². The summed E-state index contributed by atoms with van der Waals surface area (Å²) in [5.74, 6) is 0.807. The van der Waals surface area contributed by atoms with Gasteiger partial charge in [-0.1, -0.05) is 12.1 Å². The van der Waals surface area contributed by atoms with Gasteiger partial charge in [0.2, 0.25) is 0 Å². The number of benzene rings is 1. The molecule has 132 valence electrons. The molecular formula is C22H24N4. The second kappa shape index (κ2) is 5.90. The van der Waals surface area contributed by atoms with Gasteiger partial charge in [0, 0.05) is 42.1 Å². The predicted octanol–water partition coefficient (Wildman–Crippen LogP) is 4.18. The maximum atomic E-state index is 4.33. The Morgan fingerprint density at radius 2 is 1.92 bits per heavy atom. The summed E-state index contributed by atoms with van der Waals surface area (Å²) in [6.07, 6.45) is 8.97. The minimum atomic E-state index is 0.384. The lowest BCUT2D eigenvalue weighted by molar-refractivity contribution is 0.232. The van der Waals surface area contributed by atoms with Crippen LogP contribution in [0.4, 0.5) is 5.69 Å². The van der Waals surface area contributed by atoms with Crippen LogP contribution in [0.2, 0.25) is 0 Å². The van der Waals surface area contributed by atoms with Crippen LogP contribution in [0.15, 0.2) is 60.7 Å². The fourth-order valence-corrected chi connectivity index (χ4v) is 3.95. The first-order valence-electron chi connectivity index (χ1n) is 9.46. The zero-order valence-electron chi connectivity index (χ0n) is 15.3. The first-order chi connectivity index (χ1) is 12.7. The number of nitrogens with one attached hydrogen (secondary N) is 1. The maximum absolute atomic E-state index is 4.33. The molecule has 3 aliphatic rings. The lowest BCUT2D eigenvalue weighted by atomic mass is 10.0. The zero-order valence-corrected chi connectivity index (χ0v) is 15.3. The highest BCUT2D eigenvalue weighted by molar-refractivity contribution is 5.81. The van der Waals surface area contributed by atoms with E-state index in [-0.39, 0.29) is 0 Å². The Kier molecular flexibility index (Phi) is 3.52. The number of pyridine rings is 1. The summed E-state index contributed by atoms with van der Waals surface area (Å²) in [5, 5.41) is 2.26. The molecule has 26 heavy (non-hydrogen) atoms. The van der Waals surface area contributed by atoms with Crippen LogP contribution >= 0.6 is 0 Å². The van der Waals surface area contributed by atoms with E-state index in [1.807, 2.05) is 13.1 Å². The maximum Gasteiger partial charge on any atom is 0.0831 e. The Hall–Kier alpha value is -2.75. The summed E-state index contributed by atoms with van der Waals surface area (Å²) in [4.78, 5) is 6.71. The third-order valence-corrected chi connectivity index (χ3v) is 5.54. The molecule has 4 heteroatoms. The van der Waals surface area contributed by atoms with Crippen molar-refractivity contribution in [1.82, 2.24) is 15.4 Å². The molecule has 2 aliphatic heterocycles. The molecule has 1 atom stereocenters. The largest absolute Gasteiger partial charge is 0.344 e. The highest BCUT2D eigenvalue weighted by Gasteiger charge is 2.31. The molecule has 0 amide bonds. The highest BCUT2D eigenvalue weighted by atomic mass is 15.6. The van der Waals surface area contributed by atoms with Crippen LogP contribution < -0.4 is 10.3 Å². The van der Waals surface area contributed by atoms with Crippen molar-refractivity contribution >= 4 is 11.3 Å². The number of hydrogen-bond acceptors (Lipinski definition) is 4. The lowest BCUT2D eigenvalue weighted by Crippen LogP contribution is -2.47. The Bertz CT molecular complexity index is 893. The average Bonchev–Trinajstić information content (AvgIpc) is 3.41. The molecule has 0 saturated heterocycles. The second-order valence-electron chi connectivity index (χ2n) is 7.62. The lowest BCUT2D eigenvalue weighted by Gasteiger charge is -2.38. The van der Waals surface area contributed by atoms with E-state index < -0.39 is 0 Å². The van der Waals surface area contributed by atoms with E-state index in [9.17, 15) is 0 Å². The fraction of sp³-hybridized carbons (Fsp3) is 0.318. The monoisotopic (exact) mass is 344 g/mol. The summed E-state index contributed by atoms with van der Waals surface area (Å²) >= 11 is 0. The smallest absolute Gasteiger partial charge is 0.0831 e. The van der Waals surface area contributed by atoms with Crippen molar-refractivity contribution in [2.24, 2.45) is 0 Å². The molecule has 1 saturated carbocycles. The number of aromatic nitrogens is 1. The Balaban J connectivity index is 1.48. The minimum Gasteiger partial charge on any atom is -0.344 e. The molecular weight excluding hydrogens is 320 g/mol. The van der Waals surface area contributed by atoms with Gasteiger partial charge in [-0.05, 0) is 68.0 Å². The van der Waals surface area contributed by atoms with Gasteiger partial charge in [-0.25, -0.2) is 0 Å². The molecule has 1 N–H and O–H groups in total. The molecule has 2 aromatic rings. The van der Waals surface area contributed by atoms with Crippen LogP contribution in [0.25, 0.3) is 5.57 Å². The molecule has 0 radical (unpaired) electrons. The van der Waals surface area contributed by atoms with E-state index in [4.69, 9.17) is 0 Å². The zero-order chi connectivity index (χ0) is 17.7. The average molecular weight is 344 g/mol. The quantitative estimate of drug-likeness (QED) is 0.905. The molecule has 0 spiro atoms. The van der Waals surface area contributed by atoms with Gasteiger partial charge in [0.05, 0.1) is 11.7 Å². The van der Waals surface area contributed by atoms with Crippen LogP contribution in [-0.2, 0) is 0 Å². The van der Waals surface area contributed by atoms with Gasteiger partial charge in [-0.2, -0.15) is 0 Å². The Labute approximate surface area is 154 Å². The standard InChI is InChI=1S/C22H24N4/c1-15-11-19(9-10-23-15)21-12-24-26-16(2)13-25(14-22(21)26)20-7-5-18(6-8-20)17-3-4-17/h5-12,14,16-17,24H,3-4,13H2,1-2H3/t16-/m0/s1. The van der Waals surface area contributed by atoms with E-state index in [2.05, 4.69) is 76.0 Å². The van der Waals surface area contributed by atoms with Gasteiger partial charge >= 0.3 is 0 Å². The molecule has 1 fully saturated rings. The van der Waals surface area contributed by atoms with Crippen LogP contribution in [0, 0.1) is 6.92 Å². The molecule has 1 aromatic carbocycles. The molecule has 0 bridgehead atoms. The molecule has 1 aromatic heterocycles. The summed E-state index contributed by atoms with van der Waals surface area (Å²) < 4.78 is 0. The third-order valence-electron chi connectivity index (χ3n) is 5.54. The van der Waals surface area contributed by atoms with E-state index in [1.54, 1.807) is 0 Å². The molecule has 4 nitrogen and oxygen atoms in total. The van der Waals surface area contributed by atoms with Gasteiger partial charge in [0.25, 0.3) is 0 Å². The van der Waals surface area contributed by atoms with Gasteiger partial charge in [0.15, 0.2) is 0 Å². The van der Waals surface area contributed by atoms with E-state index in [0.29, 0.717) is 6.04 Å². The topological polar surface area (TPSA) is 31.4 Å². The number of rotatable bonds is 3. The van der Waals surface area contributed by atoms with Crippen LogP contribution in [0.1, 0.15) is 42.5 Å². The minimum absolute atomic E-state index is 0.384. The number of fused-ring (bicyclic) bond motifs is 1. The Morgan fingerprint density at radius 3 is 2.65 bits per heavy atom. The summed E-state index contributed by atoms with van der Waals surface area (Å²) in [7, 11) is 0. The number of hydrazine groups is 1. The van der Waals surface area contributed by atoms with Gasteiger partial charge in [-0.15, -0.1) is 0 Å². The number of hydrogen-bond donors (Lipinski definition) is 1. The second-order valence-corrected chi connectivity index (χ2v) is 7.62. The van der Waals surface area contributed by atoms with Crippen molar-refractivity contribution < 1.29 is 0 Å². The van der Waals surface area contributed by atoms with E-state index in [0.717, 1.165) is 18.2 Å². The van der Waals surface area contributed by atoms with Crippen molar-refractivity contribution in [1.29, 1.82) is 0 Å². The van der Waals surface area contributed by atoms with Crippen molar-refractivity contribution in [2.75, 3.05) is 11.4 Å². The third kappa shape index (κ3) is 2.66. The van der Waals surface area contributed by atoms with Crippen LogP contribution in [0.3, 0.4) is 0 Å². The first kappa shape index (κ1) is 15.5. The molecule has 0 unspecified atom stereocenters. The first-order valence-corrected chi connectivity index (χ1v) is 9.46. The van der Waals surface area contributed by atoms with E-state index >= 15 is 0 Å². The Morgan fingerprint density at radius 1 is 1.12 bits per heavy atom. The van der Waals surface area contributed by atoms with Crippen molar-refractivity contribution in [3.63, 3.8) is 0 Å². The summed E-state index contributed by atoms with van der Waals surface area (Å²) in [6, 6.07) is 13.8. The predicted molar refractivity (Wildman–Crippen MR) is 105 cm³/mol. The highest BCUT2D eigenvalue weighted by Crippen LogP contribution is 2.41. The van der Waals surface area contributed by atoms with Crippen molar-refractivity contribution in [2.45, 2.75) is 38.6 Å². The fourth-order valence-electron chi connectivity index (χ4n) is 3.95. The number of aryl methyl sites for hydroxylation is 1. The normalized spacial score (nSPS) is 21.8. The van der Waals surface area contributed by atoms with Gasteiger partial charge < -0.3 is 10.3 Å². The summed E-state index contributed by atoms with van der Waals surface area (Å²) in [6.45, 7) is 5.27. The molecule has 3 heterocycles. The molecule has 1 aliphatic carbocycles. The number of anilines is 1. The van der Waals surface area contributed by atoms with Crippen molar-refractivity contribution in [3.8, 4) is 0 Å². The summed E-state index contributed by atoms with van der Waals surface area (Å²) in [5.41, 5.74) is 10.9. The van der Waals surface area contributed by atoms with Crippen LogP contribution in [-0.4, -0.2) is 22.6 Å². The molecule has 5 rings (SSSR count).